The highest BCUT2D eigenvalue weighted by molar-refractivity contribution is 7.17. The summed E-state index contributed by atoms with van der Waals surface area (Å²) >= 11 is 1.71. The van der Waals surface area contributed by atoms with Gasteiger partial charge in [0.05, 0.1) is 4.92 Å². The third-order valence-corrected chi connectivity index (χ3v) is 4.31. The van der Waals surface area contributed by atoms with Crippen molar-refractivity contribution in [2.45, 2.75) is 13.0 Å². The van der Waals surface area contributed by atoms with Crippen LogP contribution in [-0.4, -0.2) is 4.92 Å². The van der Waals surface area contributed by atoms with Gasteiger partial charge in [0.1, 0.15) is 0 Å². The molecule has 1 N–H and O–H groups in total. The molecule has 0 aliphatic heterocycles. The molecule has 3 aromatic rings. The highest BCUT2D eigenvalue weighted by atomic mass is 32.1. The predicted molar refractivity (Wildman–Crippen MR) is 87.0 cm³/mol. The van der Waals surface area contributed by atoms with Crippen LogP contribution in [0.1, 0.15) is 18.5 Å². The summed E-state index contributed by atoms with van der Waals surface area (Å²) < 4.78 is 1.25. The fourth-order valence-corrected chi connectivity index (χ4v) is 3.07. The maximum absolute atomic E-state index is 10.8. The zero-order valence-electron chi connectivity index (χ0n) is 11.4. The summed E-state index contributed by atoms with van der Waals surface area (Å²) in [7, 11) is 0. The van der Waals surface area contributed by atoms with Crippen LogP contribution in [0.5, 0.6) is 0 Å². The molecule has 2 aromatic carbocycles. The van der Waals surface area contributed by atoms with Gasteiger partial charge < -0.3 is 5.32 Å². The summed E-state index contributed by atoms with van der Waals surface area (Å²) in [6.07, 6.45) is 0. The molecule has 0 aliphatic rings. The van der Waals surface area contributed by atoms with Crippen LogP contribution in [0.25, 0.3) is 10.1 Å². The number of fused-ring (bicyclic) bond motifs is 1. The maximum Gasteiger partial charge on any atom is 0.269 e. The normalized spacial score (nSPS) is 12.2. The first-order valence-corrected chi connectivity index (χ1v) is 7.49. The second kappa shape index (κ2) is 5.54. The van der Waals surface area contributed by atoms with E-state index in [0.29, 0.717) is 0 Å². The molecule has 5 heteroatoms. The minimum absolute atomic E-state index is 0.000913. The van der Waals surface area contributed by atoms with Crippen LogP contribution in [0.15, 0.2) is 53.9 Å². The molecule has 1 aromatic heterocycles. The van der Waals surface area contributed by atoms with E-state index in [2.05, 4.69) is 28.9 Å². The molecule has 0 spiro atoms. The Morgan fingerprint density at radius 1 is 1.19 bits per heavy atom. The second-order valence-corrected chi connectivity index (χ2v) is 5.84. The first-order chi connectivity index (χ1) is 10.1. The molecular formula is C16H14N2O2S. The van der Waals surface area contributed by atoms with Gasteiger partial charge >= 0.3 is 0 Å². The molecule has 0 radical (unpaired) electrons. The van der Waals surface area contributed by atoms with Crippen molar-refractivity contribution in [3.63, 3.8) is 0 Å². The number of hydrogen-bond acceptors (Lipinski definition) is 4. The van der Waals surface area contributed by atoms with E-state index < -0.39 is 0 Å². The van der Waals surface area contributed by atoms with E-state index in [1.807, 2.05) is 19.1 Å². The maximum atomic E-state index is 10.8. The SMILES string of the molecule is CC(Nc1ccc2sccc2c1)c1cccc([N+](=O)[O-])c1. The molecule has 0 saturated carbocycles. The Labute approximate surface area is 126 Å². The fraction of sp³-hybridized carbons (Fsp3) is 0.125. The van der Waals surface area contributed by atoms with Crippen LogP contribution in [0.2, 0.25) is 0 Å². The fourth-order valence-electron chi connectivity index (χ4n) is 2.30. The highest BCUT2D eigenvalue weighted by Crippen LogP contribution is 2.27. The molecular weight excluding hydrogens is 284 g/mol. The lowest BCUT2D eigenvalue weighted by atomic mass is 10.1. The van der Waals surface area contributed by atoms with Crippen LogP contribution in [0.4, 0.5) is 11.4 Å². The Kier molecular flexibility index (Phi) is 3.58. The van der Waals surface area contributed by atoms with Gasteiger partial charge in [-0.1, -0.05) is 12.1 Å². The number of nitro groups is 1. The van der Waals surface area contributed by atoms with Crippen molar-refractivity contribution in [2.24, 2.45) is 0 Å². The molecule has 0 fully saturated rings. The summed E-state index contributed by atoms with van der Waals surface area (Å²) in [5.74, 6) is 0. The number of rotatable bonds is 4. The summed E-state index contributed by atoms with van der Waals surface area (Å²) in [6.45, 7) is 2.00. The number of nitro benzene ring substituents is 1. The number of thiophene rings is 1. The van der Waals surface area contributed by atoms with Gasteiger partial charge in [-0.05, 0) is 47.5 Å². The van der Waals surface area contributed by atoms with Gasteiger partial charge in [-0.2, -0.15) is 0 Å². The first-order valence-electron chi connectivity index (χ1n) is 6.61. The molecule has 4 nitrogen and oxygen atoms in total. The Morgan fingerprint density at radius 2 is 2.05 bits per heavy atom. The number of nitrogens with zero attached hydrogens (tertiary/aromatic N) is 1. The van der Waals surface area contributed by atoms with E-state index in [1.54, 1.807) is 23.5 Å². The molecule has 3 rings (SSSR count). The Bertz CT molecular complexity index is 798. The minimum atomic E-state index is -0.367. The molecule has 0 bridgehead atoms. The van der Waals surface area contributed by atoms with Crippen molar-refractivity contribution in [3.05, 3.63) is 69.6 Å². The van der Waals surface area contributed by atoms with E-state index in [1.165, 1.54) is 16.2 Å². The Hall–Kier alpha value is -2.40. The number of non-ortho nitro benzene ring substituents is 1. The van der Waals surface area contributed by atoms with Gasteiger partial charge in [0.15, 0.2) is 0 Å². The molecule has 0 saturated heterocycles. The molecule has 1 atom stereocenters. The van der Waals surface area contributed by atoms with Gasteiger partial charge in [0.2, 0.25) is 0 Å². The van der Waals surface area contributed by atoms with Crippen molar-refractivity contribution < 1.29 is 4.92 Å². The van der Waals surface area contributed by atoms with Gasteiger partial charge in [-0.3, -0.25) is 10.1 Å². The van der Waals surface area contributed by atoms with Crippen molar-refractivity contribution in [3.8, 4) is 0 Å². The van der Waals surface area contributed by atoms with Crippen LogP contribution in [0, 0.1) is 10.1 Å². The van der Waals surface area contributed by atoms with Crippen molar-refractivity contribution in [1.29, 1.82) is 0 Å². The van der Waals surface area contributed by atoms with Crippen molar-refractivity contribution in [2.75, 3.05) is 5.32 Å². The zero-order chi connectivity index (χ0) is 14.8. The smallest absolute Gasteiger partial charge is 0.269 e. The largest absolute Gasteiger partial charge is 0.378 e. The zero-order valence-corrected chi connectivity index (χ0v) is 12.3. The van der Waals surface area contributed by atoms with E-state index in [4.69, 9.17) is 0 Å². The van der Waals surface area contributed by atoms with Crippen LogP contribution in [-0.2, 0) is 0 Å². The summed E-state index contributed by atoms with van der Waals surface area (Å²) in [5, 5.41) is 17.5. The number of anilines is 1. The molecule has 1 heterocycles. The van der Waals surface area contributed by atoms with Crippen molar-refractivity contribution >= 4 is 32.8 Å². The van der Waals surface area contributed by atoms with E-state index >= 15 is 0 Å². The average Bonchev–Trinajstić information content (AvgIpc) is 2.95. The van der Waals surface area contributed by atoms with E-state index in [-0.39, 0.29) is 16.7 Å². The lowest BCUT2D eigenvalue weighted by molar-refractivity contribution is -0.384. The monoisotopic (exact) mass is 298 g/mol. The molecule has 106 valence electrons. The van der Waals surface area contributed by atoms with E-state index in [9.17, 15) is 10.1 Å². The summed E-state index contributed by atoms with van der Waals surface area (Å²) in [5.41, 5.74) is 2.03. The average molecular weight is 298 g/mol. The highest BCUT2D eigenvalue weighted by Gasteiger charge is 2.11. The van der Waals surface area contributed by atoms with Gasteiger partial charge in [0.25, 0.3) is 5.69 Å². The van der Waals surface area contributed by atoms with Gasteiger partial charge in [-0.25, -0.2) is 0 Å². The number of hydrogen-bond donors (Lipinski definition) is 1. The van der Waals surface area contributed by atoms with Gasteiger partial charge in [0, 0.05) is 28.6 Å². The number of benzene rings is 2. The lowest BCUT2D eigenvalue weighted by Crippen LogP contribution is -2.06. The van der Waals surface area contributed by atoms with Crippen LogP contribution >= 0.6 is 11.3 Å². The van der Waals surface area contributed by atoms with E-state index in [0.717, 1.165) is 11.3 Å². The number of nitrogens with one attached hydrogen (secondary N) is 1. The Balaban J connectivity index is 1.83. The first kappa shape index (κ1) is 13.6. The van der Waals surface area contributed by atoms with Crippen LogP contribution in [0.3, 0.4) is 0 Å². The van der Waals surface area contributed by atoms with Gasteiger partial charge in [-0.15, -0.1) is 11.3 Å². The van der Waals surface area contributed by atoms with Crippen molar-refractivity contribution in [1.82, 2.24) is 0 Å². The quantitative estimate of drug-likeness (QED) is 0.545. The third-order valence-electron chi connectivity index (χ3n) is 3.42. The summed E-state index contributed by atoms with van der Waals surface area (Å²) in [6, 6.07) is 15.0. The van der Waals surface area contributed by atoms with Crippen LogP contribution < -0.4 is 5.32 Å². The molecule has 0 aliphatic carbocycles. The topological polar surface area (TPSA) is 55.2 Å². The molecule has 1 unspecified atom stereocenters. The summed E-state index contributed by atoms with van der Waals surface area (Å²) in [4.78, 5) is 10.5. The lowest BCUT2D eigenvalue weighted by Gasteiger charge is -2.15. The second-order valence-electron chi connectivity index (χ2n) is 4.89. The standard InChI is InChI=1S/C16H14N2O2S/c1-11(12-3-2-4-15(10-12)18(19)20)17-14-5-6-16-13(9-14)7-8-21-16/h2-11,17H,1H3. The third kappa shape index (κ3) is 2.87. The molecule has 0 amide bonds. The minimum Gasteiger partial charge on any atom is -0.378 e. The predicted octanol–water partition coefficient (Wildman–Crippen LogP) is 4.98. The Morgan fingerprint density at radius 3 is 2.86 bits per heavy atom. The molecule has 21 heavy (non-hydrogen) atoms.